The molecule has 1 aliphatic rings. The highest BCUT2D eigenvalue weighted by Crippen LogP contribution is 2.18. The van der Waals surface area contributed by atoms with Gasteiger partial charge >= 0.3 is 0 Å². The van der Waals surface area contributed by atoms with Crippen molar-refractivity contribution in [2.75, 3.05) is 60.5 Å². The molecule has 6 nitrogen and oxygen atoms in total. The van der Waals surface area contributed by atoms with Crippen LogP contribution in [-0.4, -0.2) is 81.8 Å². The Hall–Kier alpha value is -0.900. The van der Waals surface area contributed by atoms with Gasteiger partial charge in [0.1, 0.15) is 0 Å². The summed E-state index contributed by atoms with van der Waals surface area (Å²) in [5.74, 6) is 0.846. The van der Waals surface area contributed by atoms with E-state index >= 15 is 0 Å². The zero-order valence-electron chi connectivity index (χ0n) is 19.0. The average Bonchev–Trinajstić information content (AvgIpc) is 2.71. The quantitative estimate of drug-likeness (QED) is 0.316. The van der Waals surface area contributed by atoms with Crippen molar-refractivity contribution in [3.05, 3.63) is 35.4 Å². The molecule has 1 saturated heterocycles. The van der Waals surface area contributed by atoms with E-state index in [1.54, 1.807) is 0 Å². The van der Waals surface area contributed by atoms with Crippen molar-refractivity contribution >= 4 is 29.9 Å². The van der Waals surface area contributed by atoms with Crippen molar-refractivity contribution in [1.82, 2.24) is 20.4 Å². The molecular weight excluding hydrogens is 477 g/mol. The van der Waals surface area contributed by atoms with Gasteiger partial charge in [-0.15, -0.1) is 24.0 Å². The van der Waals surface area contributed by atoms with Crippen LogP contribution in [0.15, 0.2) is 29.3 Å². The van der Waals surface area contributed by atoms with Crippen LogP contribution >= 0.6 is 24.0 Å². The van der Waals surface area contributed by atoms with Crippen LogP contribution in [0.5, 0.6) is 0 Å². The van der Waals surface area contributed by atoms with E-state index in [9.17, 15) is 0 Å². The summed E-state index contributed by atoms with van der Waals surface area (Å²) in [7, 11) is 6.08. The summed E-state index contributed by atoms with van der Waals surface area (Å²) in [6, 6.07) is 9.22. The van der Waals surface area contributed by atoms with Gasteiger partial charge < -0.3 is 20.3 Å². The van der Waals surface area contributed by atoms with Gasteiger partial charge in [0, 0.05) is 38.8 Å². The van der Waals surface area contributed by atoms with Crippen molar-refractivity contribution in [3.63, 3.8) is 0 Å². The third-order valence-electron chi connectivity index (χ3n) is 5.64. The zero-order valence-corrected chi connectivity index (χ0v) is 21.3. The molecule has 29 heavy (non-hydrogen) atoms. The molecule has 7 heteroatoms. The Morgan fingerprint density at radius 3 is 2.31 bits per heavy atom. The summed E-state index contributed by atoms with van der Waals surface area (Å²) < 4.78 is 5.48. The number of likely N-dealkylation sites (N-methyl/N-ethyl adjacent to an activating group) is 1. The number of hydrogen-bond acceptors (Lipinski definition) is 4. The number of hydrogen-bond donors (Lipinski definition) is 2. The van der Waals surface area contributed by atoms with E-state index in [1.165, 1.54) is 11.1 Å². The molecular formula is C22H40IN5O. The van der Waals surface area contributed by atoms with E-state index < -0.39 is 0 Å². The molecule has 2 rings (SSSR count). The molecule has 2 N–H and O–H groups in total. The fraction of sp³-hybridized carbons (Fsp3) is 0.682. The number of guanidine groups is 1. The van der Waals surface area contributed by atoms with Gasteiger partial charge in [0.15, 0.2) is 5.96 Å². The summed E-state index contributed by atoms with van der Waals surface area (Å²) in [4.78, 5) is 9.15. The van der Waals surface area contributed by atoms with Gasteiger partial charge in [-0.2, -0.15) is 0 Å². The molecule has 1 unspecified atom stereocenters. The normalized spacial score (nSPS) is 17.0. The Morgan fingerprint density at radius 1 is 1.17 bits per heavy atom. The molecule has 1 fully saturated rings. The third kappa shape index (κ3) is 8.03. The molecule has 1 aromatic rings. The summed E-state index contributed by atoms with van der Waals surface area (Å²) in [5.41, 5.74) is 2.74. The number of rotatable bonds is 8. The lowest BCUT2D eigenvalue weighted by atomic mass is 10.0. The van der Waals surface area contributed by atoms with Gasteiger partial charge in [-0.25, -0.2) is 0 Å². The minimum Gasteiger partial charge on any atom is -0.379 e. The van der Waals surface area contributed by atoms with Crippen molar-refractivity contribution < 1.29 is 4.74 Å². The highest BCUT2D eigenvalue weighted by molar-refractivity contribution is 14.0. The highest BCUT2D eigenvalue weighted by atomic mass is 127. The van der Waals surface area contributed by atoms with Gasteiger partial charge in [-0.3, -0.25) is 9.89 Å². The molecule has 0 bridgehead atoms. The number of benzene rings is 1. The summed E-state index contributed by atoms with van der Waals surface area (Å²) in [5, 5.41) is 7.02. The van der Waals surface area contributed by atoms with Gasteiger partial charge in [0.2, 0.25) is 0 Å². The average molecular weight is 518 g/mol. The summed E-state index contributed by atoms with van der Waals surface area (Å²) >= 11 is 0. The van der Waals surface area contributed by atoms with E-state index in [-0.39, 0.29) is 35.6 Å². The van der Waals surface area contributed by atoms with Gasteiger partial charge in [0.05, 0.1) is 19.3 Å². The predicted octanol–water partition coefficient (Wildman–Crippen LogP) is 2.75. The predicted molar refractivity (Wildman–Crippen MR) is 133 cm³/mol. The van der Waals surface area contributed by atoms with Crippen LogP contribution in [-0.2, 0) is 11.2 Å². The van der Waals surface area contributed by atoms with Crippen LogP contribution in [0.25, 0.3) is 0 Å². The Balaban J connectivity index is 0.00000420. The number of nitrogens with zero attached hydrogens (tertiary/aromatic N) is 3. The van der Waals surface area contributed by atoms with Gasteiger partial charge in [0.25, 0.3) is 0 Å². The number of morpholine rings is 1. The number of aliphatic imine (C=N–C) groups is 1. The maximum atomic E-state index is 5.48. The molecule has 0 aromatic heterocycles. The van der Waals surface area contributed by atoms with Gasteiger partial charge in [-0.05, 0) is 45.5 Å². The second-order valence-corrected chi connectivity index (χ2v) is 8.29. The summed E-state index contributed by atoms with van der Waals surface area (Å²) in [6.07, 6.45) is 1.07. The van der Waals surface area contributed by atoms with Crippen molar-refractivity contribution in [2.45, 2.75) is 38.8 Å². The lowest BCUT2D eigenvalue weighted by molar-refractivity contribution is -0.00834. The first-order valence-corrected chi connectivity index (χ1v) is 10.4. The molecule has 0 saturated carbocycles. The molecule has 0 amide bonds. The largest absolute Gasteiger partial charge is 0.379 e. The molecule has 0 radical (unpaired) electrons. The van der Waals surface area contributed by atoms with Crippen LogP contribution in [0.1, 0.15) is 37.9 Å². The van der Waals surface area contributed by atoms with Crippen LogP contribution in [0.3, 0.4) is 0 Å². The maximum absolute atomic E-state index is 5.48. The Morgan fingerprint density at radius 2 is 1.79 bits per heavy atom. The Kier molecular flexibility index (Phi) is 11.5. The lowest BCUT2D eigenvalue weighted by Crippen LogP contribution is -2.56. The molecule has 1 heterocycles. The van der Waals surface area contributed by atoms with Crippen molar-refractivity contribution in [1.29, 1.82) is 0 Å². The fourth-order valence-electron chi connectivity index (χ4n) is 3.57. The highest BCUT2D eigenvalue weighted by Gasteiger charge is 2.28. The second kappa shape index (κ2) is 12.7. The molecule has 0 aliphatic carbocycles. The lowest BCUT2D eigenvalue weighted by Gasteiger charge is -2.41. The topological polar surface area (TPSA) is 52.1 Å². The smallest absolute Gasteiger partial charge is 0.191 e. The SMILES string of the molecule is CCc1ccc(C(CNC(=NC)NCC(C)(C)N2CCOCC2)N(C)C)cc1.I. The zero-order chi connectivity index (χ0) is 20.6. The van der Waals surface area contributed by atoms with Gasteiger partial charge in [-0.1, -0.05) is 31.2 Å². The fourth-order valence-corrected chi connectivity index (χ4v) is 3.57. The Bertz CT molecular complexity index is 612. The number of ether oxygens (including phenoxy) is 1. The van der Waals surface area contributed by atoms with Crippen LogP contribution in [0.4, 0.5) is 0 Å². The molecule has 1 aromatic carbocycles. The molecule has 166 valence electrons. The summed E-state index contributed by atoms with van der Waals surface area (Å²) in [6.45, 7) is 12.0. The monoisotopic (exact) mass is 517 g/mol. The van der Waals surface area contributed by atoms with E-state index in [4.69, 9.17) is 4.74 Å². The Labute approximate surface area is 194 Å². The molecule has 1 aliphatic heterocycles. The standard InChI is InChI=1S/C22H39N5O.HI/c1-7-18-8-10-19(11-9-18)20(26(5)6)16-24-21(23-4)25-17-22(2,3)27-12-14-28-15-13-27;/h8-11,20H,7,12-17H2,1-6H3,(H2,23,24,25);1H. The van der Waals surface area contributed by atoms with Crippen molar-refractivity contribution in [3.8, 4) is 0 Å². The van der Waals surface area contributed by atoms with Crippen LogP contribution < -0.4 is 10.6 Å². The minimum absolute atomic E-state index is 0. The van der Waals surface area contributed by atoms with Crippen molar-refractivity contribution in [2.24, 2.45) is 4.99 Å². The minimum atomic E-state index is 0. The van der Waals surface area contributed by atoms with E-state index in [1.807, 2.05) is 7.05 Å². The number of halogens is 1. The van der Waals surface area contributed by atoms with E-state index in [0.29, 0.717) is 0 Å². The molecule has 0 spiro atoms. The van der Waals surface area contributed by atoms with Crippen LogP contribution in [0.2, 0.25) is 0 Å². The molecule has 1 atom stereocenters. The first-order valence-electron chi connectivity index (χ1n) is 10.4. The van der Waals surface area contributed by atoms with E-state index in [2.05, 4.69) is 84.6 Å². The van der Waals surface area contributed by atoms with E-state index in [0.717, 1.165) is 51.8 Å². The van der Waals surface area contributed by atoms with Crippen LogP contribution in [0, 0.1) is 0 Å². The maximum Gasteiger partial charge on any atom is 0.191 e. The first kappa shape index (κ1) is 26.1. The first-order chi connectivity index (χ1) is 13.4. The second-order valence-electron chi connectivity index (χ2n) is 8.29. The number of aryl methyl sites for hydroxylation is 1. The number of nitrogens with one attached hydrogen (secondary N) is 2. The third-order valence-corrected chi connectivity index (χ3v) is 5.64.